The average Bonchev–Trinajstić information content (AvgIpc) is 3.29. The number of anilines is 2. The maximum atomic E-state index is 12.8. The summed E-state index contributed by atoms with van der Waals surface area (Å²) in [5.41, 5.74) is 4.57. The fourth-order valence-corrected chi connectivity index (χ4v) is 6.61. The molecule has 4 aromatic rings. The molecule has 8 heteroatoms. The molecule has 0 atom stereocenters. The third-order valence-electron chi connectivity index (χ3n) is 6.44. The van der Waals surface area contributed by atoms with Crippen LogP contribution in [0, 0.1) is 11.3 Å². The molecule has 0 aliphatic carbocycles. The highest BCUT2D eigenvalue weighted by atomic mass is 32.2. The summed E-state index contributed by atoms with van der Waals surface area (Å²) in [6, 6.07) is 29.8. The van der Waals surface area contributed by atoms with Gasteiger partial charge in [0.1, 0.15) is 11.1 Å². The number of benzene rings is 3. The Morgan fingerprint density at radius 3 is 2.41 bits per heavy atom. The summed E-state index contributed by atoms with van der Waals surface area (Å²) in [4.78, 5) is 29.6. The minimum Gasteiger partial charge on any atom is -0.326 e. The SMILES string of the molecule is N#Cc1c(NC(=O)CSc2cccc(NC(=O)Cc3ccccc3)c2)sc2c1CCN(Cc1ccccc1)C2. The lowest BCUT2D eigenvalue weighted by Gasteiger charge is -2.26. The lowest BCUT2D eigenvalue weighted by molar-refractivity contribution is -0.115. The summed E-state index contributed by atoms with van der Waals surface area (Å²) in [5.74, 6) is -0.0431. The van der Waals surface area contributed by atoms with E-state index in [1.165, 1.54) is 28.7 Å². The second-order valence-corrected chi connectivity index (χ2v) is 11.5. The third-order valence-corrected chi connectivity index (χ3v) is 8.57. The number of amides is 2. The smallest absolute Gasteiger partial charge is 0.235 e. The maximum Gasteiger partial charge on any atom is 0.235 e. The van der Waals surface area contributed by atoms with Crippen LogP contribution in [-0.4, -0.2) is 29.0 Å². The molecule has 1 aromatic heterocycles. The number of nitriles is 1. The van der Waals surface area contributed by atoms with E-state index in [-0.39, 0.29) is 17.6 Å². The molecule has 1 aliphatic rings. The molecule has 6 nitrogen and oxygen atoms in total. The number of thioether (sulfide) groups is 1. The monoisotopic (exact) mass is 552 g/mol. The summed E-state index contributed by atoms with van der Waals surface area (Å²) in [6.45, 7) is 2.52. The molecular formula is C31H28N4O2S2. The van der Waals surface area contributed by atoms with Crippen LogP contribution < -0.4 is 10.6 Å². The molecule has 0 radical (unpaired) electrons. The standard InChI is InChI=1S/C31H28N4O2S2/c32-18-27-26-14-15-35(19-23-10-5-2-6-11-23)20-28(26)39-31(27)34-30(37)21-38-25-13-7-12-24(17-25)33-29(36)16-22-8-3-1-4-9-22/h1-13,17H,14-16,19-21H2,(H,33,36)(H,34,37). The van der Waals surface area contributed by atoms with E-state index in [1.807, 2.05) is 72.8 Å². The second kappa shape index (κ2) is 12.8. The predicted octanol–water partition coefficient (Wildman–Crippen LogP) is 6.09. The van der Waals surface area contributed by atoms with Crippen LogP contribution in [0.3, 0.4) is 0 Å². The predicted molar refractivity (Wildman–Crippen MR) is 158 cm³/mol. The molecule has 2 heterocycles. The van der Waals surface area contributed by atoms with Crippen molar-refractivity contribution in [3.63, 3.8) is 0 Å². The van der Waals surface area contributed by atoms with Crippen LogP contribution in [0.1, 0.15) is 27.1 Å². The van der Waals surface area contributed by atoms with Crippen LogP contribution in [0.25, 0.3) is 0 Å². The summed E-state index contributed by atoms with van der Waals surface area (Å²) in [7, 11) is 0. The van der Waals surface area contributed by atoms with Gasteiger partial charge in [0.05, 0.1) is 17.7 Å². The van der Waals surface area contributed by atoms with E-state index in [1.54, 1.807) is 0 Å². The minimum atomic E-state index is -0.158. The van der Waals surface area contributed by atoms with E-state index >= 15 is 0 Å². The van der Waals surface area contributed by atoms with Gasteiger partial charge in [-0.1, -0.05) is 66.7 Å². The first-order chi connectivity index (χ1) is 19.1. The molecular weight excluding hydrogens is 525 g/mol. The molecule has 0 saturated carbocycles. The molecule has 0 bridgehead atoms. The molecule has 5 rings (SSSR count). The number of carbonyl (C=O) groups excluding carboxylic acids is 2. The van der Waals surface area contributed by atoms with Crippen LogP contribution in [0.15, 0.2) is 89.8 Å². The maximum absolute atomic E-state index is 12.8. The molecule has 2 amide bonds. The Bertz CT molecular complexity index is 1500. The highest BCUT2D eigenvalue weighted by Crippen LogP contribution is 2.37. The summed E-state index contributed by atoms with van der Waals surface area (Å²) in [5, 5.41) is 16.4. The van der Waals surface area contributed by atoms with Gasteiger partial charge in [0, 0.05) is 35.1 Å². The Hall–Kier alpha value is -3.90. The summed E-state index contributed by atoms with van der Waals surface area (Å²) in [6.07, 6.45) is 1.10. The van der Waals surface area contributed by atoms with Gasteiger partial charge in [-0.15, -0.1) is 23.1 Å². The summed E-state index contributed by atoms with van der Waals surface area (Å²) >= 11 is 2.90. The van der Waals surface area contributed by atoms with Crippen molar-refractivity contribution in [3.05, 3.63) is 112 Å². The van der Waals surface area contributed by atoms with Crippen molar-refractivity contribution < 1.29 is 9.59 Å². The van der Waals surface area contributed by atoms with E-state index < -0.39 is 0 Å². The fourth-order valence-electron chi connectivity index (χ4n) is 4.60. The van der Waals surface area contributed by atoms with Gasteiger partial charge in [-0.25, -0.2) is 0 Å². The minimum absolute atomic E-state index is 0.0888. The zero-order valence-corrected chi connectivity index (χ0v) is 23.0. The topological polar surface area (TPSA) is 85.2 Å². The van der Waals surface area contributed by atoms with Gasteiger partial charge in [0.2, 0.25) is 11.8 Å². The number of fused-ring (bicyclic) bond motifs is 1. The number of rotatable bonds is 9. The third kappa shape index (κ3) is 7.15. The Labute approximate surface area is 236 Å². The highest BCUT2D eigenvalue weighted by molar-refractivity contribution is 8.00. The fraction of sp³-hybridized carbons (Fsp3) is 0.194. The van der Waals surface area contributed by atoms with Crippen molar-refractivity contribution in [2.24, 2.45) is 0 Å². The first-order valence-corrected chi connectivity index (χ1v) is 14.5. The van der Waals surface area contributed by atoms with Crippen LogP contribution in [0.4, 0.5) is 10.7 Å². The normalized spacial score (nSPS) is 12.8. The Morgan fingerprint density at radius 1 is 0.923 bits per heavy atom. The number of carbonyl (C=O) groups is 2. The average molecular weight is 553 g/mol. The van der Waals surface area contributed by atoms with Crippen LogP contribution in [0.2, 0.25) is 0 Å². The number of hydrogen-bond acceptors (Lipinski definition) is 6. The lowest BCUT2D eigenvalue weighted by atomic mass is 10.0. The van der Waals surface area contributed by atoms with Gasteiger partial charge in [-0.2, -0.15) is 5.26 Å². The molecule has 196 valence electrons. The van der Waals surface area contributed by atoms with E-state index in [0.717, 1.165) is 47.0 Å². The number of hydrogen-bond donors (Lipinski definition) is 2. The van der Waals surface area contributed by atoms with Gasteiger partial charge in [0.25, 0.3) is 0 Å². The Kier molecular flexibility index (Phi) is 8.74. The number of thiophene rings is 1. The van der Waals surface area contributed by atoms with Crippen molar-refractivity contribution in [2.75, 3.05) is 22.9 Å². The van der Waals surface area contributed by atoms with Crippen molar-refractivity contribution in [3.8, 4) is 6.07 Å². The van der Waals surface area contributed by atoms with Crippen molar-refractivity contribution in [1.29, 1.82) is 5.26 Å². The van der Waals surface area contributed by atoms with Gasteiger partial charge >= 0.3 is 0 Å². The van der Waals surface area contributed by atoms with Crippen molar-refractivity contribution in [1.82, 2.24) is 4.90 Å². The lowest BCUT2D eigenvalue weighted by Crippen LogP contribution is -2.29. The van der Waals surface area contributed by atoms with Crippen molar-refractivity contribution >= 4 is 45.6 Å². The van der Waals surface area contributed by atoms with E-state index in [4.69, 9.17) is 0 Å². The largest absolute Gasteiger partial charge is 0.326 e. The van der Waals surface area contributed by atoms with Gasteiger partial charge < -0.3 is 10.6 Å². The van der Waals surface area contributed by atoms with Gasteiger partial charge in [-0.05, 0) is 41.3 Å². The van der Waals surface area contributed by atoms with Gasteiger partial charge in [-0.3, -0.25) is 14.5 Å². The highest BCUT2D eigenvalue weighted by Gasteiger charge is 2.25. The Morgan fingerprint density at radius 2 is 1.67 bits per heavy atom. The van der Waals surface area contributed by atoms with Crippen molar-refractivity contribution in [2.45, 2.75) is 30.8 Å². The quantitative estimate of drug-likeness (QED) is 0.246. The van der Waals surface area contributed by atoms with E-state index in [9.17, 15) is 14.9 Å². The number of nitrogens with zero attached hydrogens (tertiary/aromatic N) is 2. The summed E-state index contributed by atoms with van der Waals surface area (Å²) < 4.78 is 0. The second-order valence-electron chi connectivity index (χ2n) is 9.34. The zero-order chi connectivity index (χ0) is 27.0. The van der Waals surface area contributed by atoms with E-state index in [2.05, 4.69) is 33.7 Å². The molecule has 3 aromatic carbocycles. The van der Waals surface area contributed by atoms with Crippen LogP contribution in [-0.2, 0) is 35.5 Å². The molecule has 0 spiro atoms. The Balaban J connectivity index is 1.16. The van der Waals surface area contributed by atoms with E-state index in [0.29, 0.717) is 22.7 Å². The van der Waals surface area contributed by atoms with Crippen LogP contribution in [0.5, 0.6) is 0 Å². The number of nitrogens with one attached hydrogen (secondary N) is 2. The molecule has 0 fully saturated rings. The first-order valence-electron chi connectivity index (χ1n) is 12.7. The molecule has 2 N–H and O–H groups in total. The van der Waals surface area contributed by atoms with Crippen LogP contribution >= 0.6 is 23.1 Å². The molecule has 39 heavy (non-hydrogen) atoms. The first kappa shape index (κ1) is 26.7. The molecule has 0 saturated heterocycles. The van der Waals surface area contributed by atoms with Gasteiger partial charge in [0.15, 0.2) is 0 Å². The molecule has 0 unspecified atom stereocenters. The zero-order valence-electron chi connectivity index (χ0n) is 21.4. The molecule has 1 aliphatic heterocycles.